The van der Waals surface area contributed by atoms with E-state index in [0.717, 1.165) is 41.9 Å². The van der Waals surface area contributed by atoms with Crippen LogP contribution in [0.5, 0.6) is 0 Å². The van der Waals surface area contributed by atoms with Crippen molar-refractivity contribution in [3.8, 4) is 11.1 Å². The third-order valence-electron chi connectivity index (χ3n) is 8.97. The fourth-order valence-corrected chi connectivity index (χ4v) is 6.75. The molecule has 0 heterocycles. The van der Waals surface area contributed by atoms with Crippen LogP contribution in [0.25, 0.3) is 11.1 Å². The van der Waals surface area contributed by atoms with Crippen molar-refractivity contribution < 1.29 is 9.13 Å². The number of ether oxygens (including phenoxy) is 1. The van der Waals surface area contributed by atoms with Crippen LogP contribution in [-0.2, 0) is 11.2 Å². The molecule has 2 saturated carbocycles. The van der Waals surface area contributed by atoms with Crippen LogP contribution in [0.1, 0.15) is 107 Å². The summed E-state index contributed by atoms with van der Waals surface area (Å²) in [6.07, 6.45) is 18.2. The monoisotopic (exact) mass is 478 g/mol. The Bertz CT molecular complexity index is 872. The van der Waals surface area contributed by atoms with Gasteiger partial charge in [-0.05, 0) is 97.8 Å². The normalized spacial score (nSPS) is 25.0. The minimum atomic E-state index is -0.0637. The first-order valence-electron chi connectivity index (χ1n) is 14.5. The Morgan fingerprint density at radius 2 is 1.43 bits per heavy atom. The molecular weight excluding hydrogens is 431 g/mol. The number of aryl methyl sites for hydroxylation is 1. The van der Waals surface area contributed by atoms with Crippen molar-refractivity contribution in [3.05, 3.63) is 59.4 Å². The van der Waals surface area contributed by atoms with Crippen molar-refractivity contribution in [2.45, 2.75) is 103 Å². The van der Waals surface area contributed by atoms with Gasteiger partial charge >= 0.3 is 0 Å². The highest BCUT2D eigenvalue weighted by atomic mass is 19.1. The van der Waals surface area contributed by atoms with Crippen LogP contribution in [0.2, 0.25) is 0 Å². The summed E-state index contributed by atoms with van der Waals surface area (Å²) >= 11 is 0. The van der Waals surface area contributed by atoms with E-state index in [1.54, 1.807) is 0 Å². The molecule has 0 N–H and O–H groups in total. The summed E-state index contributed by atoms with van der Waals surface area (Å²) in [5, 5.41) is 0. The zero-order valence-corrected chi connectivity index (χ0v) is 22.2. The lowest BCUT2D eigenvalue weighted by Gasteiger charge is -2.28. The summed E-state index contributed by atoms with van der Waals surface area (Å²) in [4.78, 5) is 0. The molecule has 0 unspecified atom stereocenters. The van der Waals surface area contributed by atoms with Crippen molar-refractivity contribution in [1.82, 2.24) is 0 Å². The van der Waals surface area contributed by atoms with Crippen LogP contribution < -0.4 is 0 Å². The molecule has 2 aliphatic carbocycles. The number of benzene rings is 2. The first-order valence-corrected chi connectivity index (χ1v) is 14.5. The number of rotatable bonds is 11. The molecule has 2 fully saturated rings. The molecule has 0 atom stereocenters. The molecule has 0 aliphatic heterocycles. The third-order valence-corrected chi connectivity index (χ3v) is 8.97. The summed E-state index contributed by atoms with van der Waals surface area (Å²) < 4.78 is 20.4. The second-order valence-corrected chi connectivity index (χ2v) is 11.5. The average molecular weight is 479 g/mol. The van der Waals surface area contributed by atoms with Crippen molar-refractivity contribution in [3.63, 3.8) is 0 Å². The van der Waals surface area contributed by atoms with Crippen LogP contribution in [0.4, 0.5) is 4.39 Å². The van der Waals surface area contributed by atoms with Gasteiger partial charge in [-0.3, -0.25) is 0 Å². The molecule has 2 aromatic carbocycles. The first kappa shape index (κ1) is 26.4. The van der Waals surface area contributed by atoms with E-state index in [9.17, 15) is 0 Å². The summed E-state index contributed by atoms with van der Waals surface area (Å²) in [5.74, 6) is 3.07. The van der Waals surface area contributed by atoms with Crippen molar-refractivity contribution in [2.24, 2.45) is 17.8 Å². The van der Waals surface area contributed by atoms with Gasteiger partial charge in [0.05, 0.1) is 0 Å². The molecule has 0 radical (unpaired) electrons. The minimum absolute atomic E-state index is 0.0637. The second kappa shape index (κ2) is 13.6. The van der Waals surface area contributed by atoms with Crippen LogP contribution in [0.3, 0.4) is 0 Å². The lowest BCUT2D eigenvalue weighted by Crippen LogP contribution is -2.18. The maximum absolute atomic E-state index is 15.1. The molecule has 0 saturated heterocycles. The van der Waals surface area contributed by atoms with Crippen LogP contribution in [-0.4, -0.2) is 13.7 Å². The zero-order chi connectivity index (χ0) is 24.5. The average Bonchev–Trinajstić information content (AvgIpc) is 2.89. The van der Waals surface area contributed by atoms with E-state index in [2.05, 4.69) is 37.3 Å². The molecule has 0 amide bonds. The third kappa shape index (κ3) is 7.66. The molecule has 192 valence electrons. The molecule has 4 rings (SSSR count). The SMILES string of the molecule is CCCC1CCC(c2ccc(-c3ccc(CCCCC4CCC(COC)CC4)cc3)c(F)c2)CC1. The summed E-state index contributed by atoms with van der Waals surface area (Å²) in [6, 6.07) is 14.6. The van der Waals surface area contributed by atoms with E-state index in [1.165, 1.54) is 94.6 Å². The van der Waals surface area contributed by atoms with Crippen molar-refractivity contribution in [1.29, 1.82) is 0 Å². The van der Waals surface area contributed by atoms with Gasteiger partial charge in [0.15, 0.2) is 0 Å². The van der Waals surface area contributed by atoms with E-state index < -0.39 is 0 Å². The van der Waals surface area contributed by atoms with Gasteiger partial charge < -0.3 is 4.74 Å². The highest BCUT2D eigenvalue weighted by Crippen LogP contribution is 2.38. The number of hydrogen-bond acceptors (Lipinski definition) is 1. The predicted octanol–water partition coefficient (Wildman–Crippen LogP) is 9.73. The minimum Gasteiger partial charge on any atom is -0.384 e. The van der Waals surface area contributed by atoms with Gasteiger partial charge in [-0.1, -0.05) is 81.8 Å². The highest BCUT2D eigenvalue weighted by Gasteiger charge is 2.23. The molecule has 35 heavy (non-hydrogen) atoms. The van der Waals surface area contributed by atoms with Crippen molar-refractivity contribution in [2.75, 3.05) is 13.7 Å². The Morgan fingerprint density at radius 3 is 2.09 bits per heavy atom. The van der Waals surface area contributed by atoms with Gasteiger partial charge in [0.1, 0.15) is 5.82 Å². The maximum Gasteiger partial charge on any atom is 0.131 e. The van der Waals surface area contributed by atoms with Gasteiger partial charge in [0.2, 0.25) is 0 Å². The van der Waals surface area contributed by atoms with E-state index in [-0.39, 0.29) is 5.82 Å². The van der Waals surface area contributed by atoms with Gasteiger partial charge in [0, 0.05) is 19.3 Å². The molecule has 0 aromatic heterocycles. The Hall–Kier alpha value is -1.67. The quantitative estimate of drug-likeness (QED) is 0.292. The lowest BCUT2D eigenvalue weighted by atomic mass is 9.77. The van der Waals surface area contributed by atoms with Gasteiger partial charge in [-0.15, -0.1) is 0 Å². The Morgan fingerprint density at radius 1 is 0.771 bits per heavy atom. The molecule has 2 heteroatoms. The lowest BCUT2D eigenvalue weighted by molar-refractivity contribution is 0.117. The largest absolute Gasteiger partial charge is 0.384 e. The molecule has 0 spiro atoms. The number of halogens is 1. The number of methoxy groups -OCH3 is 1. The van der Waals surface area contributed by atoms with Gasteiger partial charge in [-0.2, -0.15) is 0 Å². The topological polar surface area (TPSA) is 9.23 Å². The highest BCUT2D eigenvalue weighted by molar-refractivity contribution is 5.65. The molecule has 2 aromatic rings. The van der Waals surface area contributed by atoms with Crippen molar-refractivity contribution >= 4 is 0 Å². The molecule has 1 nitrogen and oxygen atoms in total. The van der Waals surface area contributed by atoms with E-state index >= 15 is 4.39 Å². The van der Waals surface area contributed by atoms with Crippen LogP contribution in [0, 0.1) is 23.6 Å². The Kier molecular flexibility index (Phi) is 10.2. The van der Waals surface area contributed by atoms with E-state index in [0.29, 0.717) is 5.92 Å². The summed E-state index contributed by atoms with van der Waals surface area (Å²) in [7, 11) is 1.82. The van der Waals surface area contributed by atoms with E-state index in [4.69, 9.17) is 4.74 Å². The van der Waals surface area contributed by atoms with Gasteiger partial charge in [-0.25, -0.2) is 4.39 Å². The van der Waals surface area contributed by atoms with E-state index in [1.807, 2.05) is 19.2 Å². The van der Waals surface area contributed by atoms with Gasteiger partial charge in [0.25, 0.3) is 0 Å². The van der Waals surface area contributed by atoms with Crippen LogP contribution >= 0.6 is 0 Å². The maximum atomic E-state index is 15.1. The molecule has 0 bridgehead atoms. The standard InChI is InChI=1S/C33H47FO/c1-3-6-25-13-17-29(18-14-25)31-21-22-32(33(34)23-31)30-19-15-27(16-20-30)8-5-4-7-26-9-11-28(12-10-26)24-35-2/h15-16,19-23,25-26,28-29H,3-14,17-18,24H2,1-2H3. The fraction of sp³-hybridized carbons (Fsp3) is 0.636. The smallest absolute Gasteiger partial charge is 0.131 e. The molecule has 2 aliphatic rings. The summed E-state index contributed by atoms with van der Waals surface area (Å²) in [5.41, 5.74) is 4.31. The Labute approximate surface area is 213 Å². The Balaban J connectivity index is 1.22. The number of hydrogen-bond donors (Lipinski definition) is 0. The number of unbranched alkanes of at least 4 members (excludes halogenated alkanes) is 1. The summed E-state index contributed by atoms with van der Waals surface area (Å²) in [6.45, 7) is 3.22. The molecular formula is C33H47FO. The fourth-order valence-electron chi connectivity index (χ4n) is 6.75. The first-order chi connectivity index (χ1) is 17.2. The zero-order valence-electron chi connectivity index (χ0n) is 22.2. The second-order valence-electron chi connectivity index (χ2n) is 11.5. The predicted molar refractivity (Wildman–Crippen MR) is 146 cm³/mol. The van der Waals surface area contributed by atoms with Crippen LogP contribution in [0.15, 0.2) is 42.5 Å².